The minimum atomic E-state index is 0.208. The molecule has 3 nitrogen and oxygen atoms in total. The van der Waals surface area contributed by atoms with Crippen LogP contribution >= 0.6 is 22.9 Å². The van der Waals surface area contributed by atoms with Crippen LogP contribution in [-0.2, 0) is 0 Å². The van der Waals surface area contributed by atoms with Crippen LogP contribution in [0.1, 0.15) is 43.9 Å². The lowest BCUT2D eigenvalue weighted by Crippen LogP contribution is -2.10. The predicted molar refractivity (Wildman–Crippen MR) is 77.5 cm³/mol. The first-order valence-electron chi connectivity index (χ1n) is 5.88. The Kier molecular flexibility index (Phi) is 4.19. The van der Waals surface area contributed by atoms with E-state index in [4.69, 9.17) is 11.6 Å². The maximum Gasteiger partial charge on any atom is 0.138 e. The summed E-state index contributed by atoms with van der Waals surface area (Å²) in [5.74, 6) is 1.11. The maximum atomic E-state index is 6.14. The number of halogens is 1. The maximum absolute atomic E-state index is 6.14. The van der Waals surface area contributed by atoms with E-state index >= 15 is 0 Å². The van der Waals surface area contributed by atoms with Crippen LogP contribution < -0.4 is 5.32 Å². The monoisotopic (exact) mass is 281 g/mol. The van der Waals surface area contributed by atoms with Gasteiger partial charge in [-0.25, -0.2) is 9.97 Å². The summed E-state index contributed by atoms with van der Waals surface area (Å²) in [6.45, 7) is 6.29. The molecule has 0 aliphatic heterocycles. The minimum Gasteiger partial charge on any atom is -0.363 e. The number of thiophene rings is 1. The first-order valence-corrected chi connectivity index (χ1v) is 7.20. The van der Waals surface area contributed by atoms with Crippen LogP contribution in [0.4, 0.5) is 5.82 Å². The molecule has 0 radical (unpaired) electrons. The highest BCUT2D eigenvalue weighted by atomic mass is 35.5. The average molecular weight is 282 g/mol. The van der Waals surface area contributed by atoms with Crippen LogP contribution in [0.5, 0.6) is 0 Å². The van der Waals surface area contributed by atoms with Crippen molar-refractivity contribution < 1.29 is 0 Å². The highest BCUT2D eigenvalue weighted by molar-refractivity contribution is 7.07. The number of nitrogens with one attached hydrogen (secondary N) is 1. The van der Waals surface area contributed by atoms with Crippen molar-refractivity contribution in [2.75, 3.05) is 5.32 Å². The fraction of sp³-hybridized carbons (Fsp3) is 0.385. The van der Waals surface area contributed by atoms with Crippen molar-refractivity contribution in [2.45, 2.75) is 32.7 Å². The van der Waals surface area contributed by atoms with E-state index in [0.717, 1.165) is 11.4 Å². The van der Waals surface area contributed by atoms with Crippen molar-refractivity contribution in [1.82, 2.24) is 9.97 Å². The molecule has 2 aromatic rings. The summed E-state index contributed by atoms with van der Waals surface area (Å²) in [7, 11) is 0. The Balaban J connectivity index is 2.26. The van der Waals surface area contributed by atoms with Gasteiger partial charge in [0, 0.05) is 5.56 Å². The lowest BCUT2D eigenvalue weighted by molar-refractivity contribution is 0.820. The molecule has 5 heteroatoms. The highest BCUT2D eigenvalue weighted by Gasteiger charge is 2.15. The fourth-order valence-corrected chi connectivity index (χ4v) is 2.92. The Morgan fingerprint density at radius 1 is 1.28 bits per heavy atom. The van der Waals surface area contributed by atoms with Gasteiger partial charge in [0.25, 0.3) is 0 Å². The first kappa shape index (κ1) is 13.3. The number of rotatable bonds is 4. The van der Waals surface area contributed by atoms with Crippen molar-refractivity contribution in [3.05, 3.63) is 39.4 Å². The quantitative estimate of drug-likeness (QED) is 0.839. The lowest BCUT2D eigenvalue weighted by Gasteiger charge is -2.18. The van der Waals surface area contributed by atoms with Crippen molar-refractivity contribution in [3.8, 4) is 0 Å². The van der Waals surface area contributed by atoms with E-state index in [1.54, 1.807) is 11.3 Å². The van der Waals surface area contributed by atoms with E-state index in [-0.39, 0.29) is 12.0 Å². The van der Waals surface area contributed by atoms with Gasteiger partial charge in [-0.15, -0.1) is 0 Å². The largest absolute Gasteiger partial charge is 0.363 e. The van der Waals surface area contributed by atoms with Crippen LogP contribution in [0.25, 0.3) is 0 Å². The van der Waals surface area contributed by atoms with Gasteiger partial charge >= 0.3 is 0 Å². The van der Waals surface area contributed by atoms with Gasteiger partial charge in [-0.2, -0.15) is 11.3 Å². The van der Waals surface area contributed by atoms with Gasteiger partial charge in [0.15, 0.2) is 0 Å². The molecule has 0 aliphatic carbocycles. The lowest BCUT2D eigenvalue weighted by atomic mass is 10.1. The van der Waals surface area contributed by atoms with E-state index in [0.29, 0.717) is 5.15 Å². The van der Waals surface area contributed by atoms with Crippen LogP contribution in [0.2, 0.25) is 5.15 Å². The number of hydrogen-bond acceptors (Lipinski definition) is 4. The number of anilines is 1. The molecule has 0 spiro atoms. The van der Waals surface area contributed by atoms with Crippen LogP contribution in [-0.4, -0.2) is 9.97 Å². The van der Waals surface area contributed by atoms with Gasteiger partial charge in [0.2, 0.25) is 0 Å². The molecule has 2 rings (SSSR count). The Morgan fingerprint density at radius 2 is 2.06 bits per heavy atom. The van der Waals surface area contributed by atoms with Crippen molar-refractivity contribution in [3.63, 3.8) is 0 Å². The molecule has 96 valence electrons. The fourth-order valence-electron chi connectivity index (χ4n) is 1.81. The SMILES string of the molecule is CC(C)c1c(Cl)ncnc1NC(C)c1ccsc1. The zero-order chi connectivity index (χ0) is 13.1. The molecule has 0 saturated heterocycles. The summed E-state index contributed by atoms with van der Waals surface area (Å²) in [5.41, 5.74) is 2.23. The molecule has 2 aromatic heterocycles. The predicted octanol–water partition coefficient (Wildman–Crippen LogP) is 4.49. The van der Waals surface area contributed by atoms with Crippen molar-refractivity contribution in [2.24, 2.45) is 0 Å². The van der Waals surface area contributed by atoms with E-state index in [2.05, 4.69) is 52.9 Å². The molecule has 1 atom stereocenters. The molecule has 0 aliphatic rings. The standard InChI is InChI=1S/C13H16ClN3S/c1-8(2)11-12(14)15-7-16-13(11)17-9(3)10-4-5-18-6-10/h4-9H,1-3H3,(H,15,16,17). The third-order valence-electron chi connectivity index (χ3n) is 2.81. The summed E-state index contributed by atoms with van der Waals surface area (Å²) in [4.78, 5) is 8.35. The zero-order valence-electron chi connectivity index (χ0n) is 10.6. The van der Waals surface area contributed by atoms with E-state index < -0.39 is 0 Å². The topological polar surface area (TPSA) is 37.8 Å². The summed E-state index contributed by atoms with van der Waals surface area (Å²) >= 11 is 7.84. The van der Waals surface area contributed by atoms with Crippen molar-refractivity contribution in [1.29, 1.82) is 0 Å². The highest BCUT2D eigenvalue weighted by Crippen LogP contribution is 2.30. The number of aromatic nitrogens is 2. The Hall–Kier alpha value is -1.13. The second-order valence-electron chi connectivity index (χ2n) is 4.50. The van der Waals surface area contributed by atoms with E-state index in [1.807, 2.05) is 0 Å². The minimum absolute atomic E-state index is 0.208. The van der Waals surface area contributed by atoms with E-state index in [9.17, 15) is 0 Å². The number of hydrogen-bond donors (Lipinski definition) is 1. The second kappa shape index (κ2) is 5.67. The normalized spacial score (nSPS) is 12.7. The average Bonchev–Trinajstić information content (AvgIpc) is 2.81. The van der Waals surface area contributed by atoms with E-state index in [1.165, 1.54) is 11.9 Å². The molecule has 0 saturated carbocycles. The first-order chi connectivity index (χ1) is 8.59. The van der Waals surface area contributed by atoms with Crippen LogP contribution in [0.3, 0.4) is 0 Å². The van der Waals surface area contributed by atoms with Gasteiger partial charge < -0.3 is 5.32 Å². The third-order valence-corrected chi connectivity index (χ3v) is 3.81. The molecular weight excluding hydrogens is 266 g/mol. The molecule has 18 heavy (non-hydrogen) atoms. The Bertz CT molecular complexity index is 511. The molecule has 1 unspecified atom stereocenters. The van der Waals surface area contributed by atoms with Crippen LogP contribution in [0.15, 0.2) is 23.2 Å². The van der Waals surface area contributed by atoms with Gasteiger partial charge in [-0.1, -0.05) is 25.4 Å². The molecule has 0 bridgehead atoms. The molecule has 0 amide bonds. The van der Waals surface area contributed by atoms with Gasteiger partial charge in [0.05, 0.1) is 6.04 Å². The molecule has 0 fully saturated rings. The molecular formula is C13H16ClN3S. The van der Waals surface area contributed by atoms with Crippen LogP contribution in [0, 0.1) is 0 Å². The number of nitrogens with zero attached hydrogens (tertiary/aromatic N) is 2. The van der Waals surface area contributed by atoms with Gasteiger partial charge in [-0.3, -0.25) is 0 Å². The van der Waals surface area contributed by atoms with Gasteiger partial charge in [0.1, 0.15) is 17.3 Å². The summed E-state index contributed by atoms with van der Waals surface area (Å²) in [6, 6.07) is 2.32. The third kappa shape index (κ3) is 2.82. The van der Waals surface area contributed by atoms with Crippen molar-refractivity contribution >= 4 is 28.8 Å². The molecule has 2 heterocycles. The Morgan fingerprint density at radius 3 is 2.67 bits per heavy atom. The summed E-state index contributed by atoms with van der Waals surface area (Å²) < 4.78 is 0. The molecule has 1 N–H and O–H groups in total. The zero-order valence-corrected chi connectivity index (χ0v) is 12.2. The smallest absolute Gasteiger partial charge is 0.138 e. The second-order valence-corrected chi connectivity index (χ2v) is 5.64. The summed E-state index contributed by atoms with van der Waals surface area (Å²) in [5, 5.41) is 8.14. The summed E-state index contributed by atoms with van der Waals surface area (Å²) in [6.07, 6.45) is 1.50. The van der Waals surface area contributed by atoms with Gasteiger partial charge in [-0.05, 0) is 35.2 Å². The molecule has 0 aromatic carbocycles. The Labute approximate surface area is 116 Å².